The van der Waals surface area contributed by atoms with Crippen molar-refractivity contribution in [3.05, 3.63) is 70.5 Å². The summed E-state index contributed by atoms with van der Waals surface area (Å²) in [5.41, 5.74) is 2.62. The third-order valence-electron chi connectivity index (χ3n) is 4.20. The van der Waals surface area contributed by atoms with E-state index in [1.807, 2.05) is 18.3 Å². The molecule has 1 aromatic carbocycles. The van der Waals surface area contributed by atoms with Gasteiger partial charge in [0.05, 0.1) is 12.0 Å². The zero-order valence-corrected chi connectivity index (χ0v) is 13.6. The molecule has 0 atom stereocenters. The predicted octanol–water partition coefficient (Wildman–Crippen LogP) is 4.09. The normalized spacial score (nSPS) is 14.6. The van der Waals surface area contributed by atoms with Gasteiger partial charge in [0, 0.05) is 48.4 Å². The number of fused-ring (bicyclic) bond motifs is 1. The predicted molar refractivity (Wildman–Crippen MR) is 89.0 cm³/mol. The number of aromatic nitrogens is 2. The molecule has 0 N–H and O–H groups in total. The number of hydrogen-bond donors (Lipinski definition) is 0. The van der Waals surface area contributed by atoms with Gasteiger partial charge in [-0.2, -0.15) is 0 Å². The molecular weight excluding hydrogens is 329 g/mol. The first kappa shape index (κ1) is 15.3. The van der Waals surface area contributed by atoms with Crippen LogP contribution in [-0.4, -0.2) is 21.4 Å². The minimum Gasteiger partial charge on any atom is -0.461 e. The van der Waals surface area contributed by atoms with Crippen LogP contribution in [0.15, 0.2) is 47.2 Å². The van der Waals surface area contributed by atoms with Crippen molar-refractivity contribution in [2.24, 2.45) is 0 Å². The summed E-state index contributed by atoms with van der Waals surface area (Å²) in [4.78, 5) is 11.1. The number of furan rings is 1. The number of hydrogen-bond acceptors (Lipinski definition) is 4. The van der Waals surface area contributed by atoms with Gasteiger partial charge in [-0.3, -0.25) is 4.90 Å². The standard InChI is InChI=1S/C18H15ClFN3O/c19-14-3-1-4-15(20)13(14)11-23-7-6-16-12(10-23)9-21-18(22-16)17-5-2-8-24-17/h1-5,8-9H,6-7,10-11H2. The van der Waals surface area contributed by atoms with Crippen LogP contribution in [0.1, 0.15) is 16.8 Å². The van der Waals surface area contributed by atoms with Crippen LogP contribution in [0.3, 0.4) is 0 Å². The Morgan fingerprint density at radius 1 is 1.25 bits per heavy atom. The second-order valence-corrected chi connectivity index (χ2v) is 6.21. The van der Waals surface area contributed by atoms with Gasteiger partial charge in [-0.05, 0) is 24.3 Å². The SMILES string of the molecule is Fc1cccc(Cl)c1CN1CCc2nc(-c3ccco3)ncc2C1. The van der Waals surface area contributed by atoms with Crippen molar-refractivity contribution in [3.63, 3.8) is 0 Å². The van der Waals surface area contributed by atoms with E-state index in [0.29, 0.717) is 35.3 Å². The monoisotopic (exact) mass is 343 g/mol. The van der Waals surface area contributed by atoms with Gasteiger partial charge in [0.2, 0.25) is 0 Å². The van der Waals surface area contributed by atoms with Crippen LogP contribution in [0.2, 0.25) is 5.02 Å². The Balaban J connectivity index is 1.54. The van der Waals surface area contributed by atoms with Crippen molar-refractivity contribution in [2.75, 3.05) is 6.54 Å². The lowest BCUT2D eigenvalue weighted by molar-refractivity contribution is 0.239. The largest absolute Gasteiger partial charge is 0.461 e. The van der Waals surface area contributed by atoms with E-state index in [0.717, 1.165) is 24.2 Å². The topological polar surface area (TPSA) is 42.2 Å². The summed E-state index contributed by atoms with van der Waals surface area (Å²) in [6.07, 6.45) is 4.23. The van der Waals surface area contributed by atoms with Gasteiger partial charge in [0.25, 0.3) is 0 Å². The molecule has 24 heavy (non-hydrogen) atoms. The summed E-state index contributed by atoms with van der Waals surface area (Å²) in [6.45, 7) is 1.95. The summed E-state index contributed by atoms with van der Waals surface area (Å²) >= 11 is 6.13. The molecule has 122 valence electrons. The third-order valence-corrected chi connectivity index (χ3v) is 4.55. The Hall–Kier alpha value is -2.24. The third kappa shape index (κ3) is 2.92. The molecule has 0 amide bonds. The van der Waals surface area contributed by atoms with Gasteiger partial charge in [0.15, 0.2) is 11.6 Å². The average molecular weight is 344 g/mol. The van der Waals surface area contributed by atoms with E-state index < -0.39 is 0 Å². The molecule has 3 heterocycles. The highest BCUT2D eigenvalue weighted by Crippen LogP contribution is 2.25. The zero-order chi connectivity index (χ0) is 16.5. The summed E-state index contributed by atoms with van der Waals surface area (Å²) < 4.78 is 19.3. The molecule has 4 rings (SSSR count). The van der Waals surface area contributed by atoms with Gasteiger partial charge in [0.1, 0.15) is 5.82 Å². The van der Waals surface area contributed by atoms with Gasteiger partial charge in [-0.25, -0.2) is 14.4 Å². The first-order chi connectivity index (χ1) is 11.7. The van der Waals surface area contributed by atoms with Gasteiger partial charge >= 0.3 is 0 Å². The van der Waals surface area contributed by atoms with Crippen molar-refractivity contribution < 1.29 is 8.81 Å². The first-order valence-corrected chi connectivity index (χ1v) is 8.12. The Kier molecular flexibility index (Phi) is 4.04. The maximum atomic E-state index is 14.0. The number of benzene rings is 1. The molecule has 1 aliphatic heterocycles. The summed E-state index contributed by atoms with van der Waals surface area (Å²) in [7, 11) is 0. The first-order valence-electron chi connectivity index (χ1n) is 7.74. The van der Waals surface area contributed by atoms with Crippen molar-refractivity contribution in [1.29, 1.82) is 0 Å². The Morgan fingerprint density at radius 3 is 2.96 bits per heavy atom. The highest BCUT2D eigenvalue weighted by Gasteiger charge is 2.21. The highest BCUT2D eigenvalue weighted by atomic mass is 35.5. The molecule has 0 radical (unpaired) electrons. The van der Waals surface area contributed by atoms with Crippen molar-refractivity contribution in [2.45, 2.75) is 19.5 Å². The second-order valence-electron chi connectivity index (χ2n) is 5.80. The van der Waals surface area contributed by atoms with Crippen LogP contribution in [-0.2, 0) is 19.5 Å². The van der Waals surface area contributed by atoms with Crippen LogP contribution in [0.25, 0.3) is 11.6 Å². The van der Waals surface area contributed by atoms with Crippen molar-refractivity contribution >= 4 is 11.6 Å². The molecule has 0 aliphatic carbocycles. The van der Waals surface area contributed by atoms with Gasteiger partial charge in [-0.15, -0.1) is 0 Å². The van der Waals surface area contributed by atoms with E-state index in [1.165, 1.54) is 6.07 Å². The Bertz CT molecular complexity index is 846. The zero-order valence-electron chi connectivity index (χ0n) is 12.9. The number of nitrogens with zero attached hydrogens (tertiary/aromatic N) is 3. The molecule has 0 fully saturated rings. The maximum Gasteiger partial charge on any atom is 0.195 e. The molecule has 4 nitrogen and oxygen atoms in total. The van der Waals surface area contributed by atoms with E-state index in [2.05, 4.69) is 14.9 Å². The molecule has 2 aromatic heterocycles. The highest BCUT2D eigenvalue weighted by molar-refractivity contribution is 6.31. The van der Waals surface area contributed by atoms with Gasteiger partial charge < -0.3 is 4.42 Å². The lowest BCUT2D eigenvalue weighted by Crippen LogP contribution is -2.31. The minimum absolute atomic E-state index is 0.266. The van der Waals surface area contributed by atoms with E-state index >= 15 is 0 Å². The second kappa shape index (κ2) is 6.34. The van der Waals surface area contributed by atoms with Crippen LogP contribution < -0.4 is 0 Å². The Morgan fingerprint density at radius 2 is 2.17 bits per heavy atom. The van der Waals surface area contributed by atoms with Crippen LogP contribution in [0.4, 0.5) is 4.39 Å². The van der Waals surface area contributed by atoms with E-state index in [-0.39, 0.29) is 5.82 Å². The fourth-order valence-electron chi connectivity index (χ4n) is 2.94. The summed E-state index contributed by atoms with van der Waals surface area (Å²) in [5.74, 6) is 1.00. The minimum atomic E-state index is -0.266. The fourth-order valence-corrected chi connectivity index (χ4v) is 3.16. The fraction of sp³-hybridized carbons (Fsp3) is 0.222. The van der Waals surface area contributed by atoms with Gasteiger partial charge in [-0.1, -0.05) is 17.7 Å². The van der Waals surface area contributed by atoms with Crippen LogP contribution in [0, 0.1) is 5.82 Å². The number of rotatable bonds is 3. The molecule has 6 heteroatoms. The summed E-state index contributed by atoms with van der Waals surface area (Å²) in [5, 5.41) is 0.463. The summed E-state index contributed by atoms with van der Waals surface area (Å²) in [6, 6.07) is 8.44. The van der Waals surface area contributed by atoms with Crippen molar-refractivity contribution in [3.8, 4) is 11.6 Å². The molecule has 0 saturated carbocycles. The maximum absolute atomic E-state index is 14.0. The van der Waals surface area contributed by atoms with Crippen molar-refractivity contribution in [1.82, 2.24) is 14.9 Å². The molecule has 0 saturated heterocycles. The average Bonchev–Trinajstić information content (AvgIpc) is 3.12. The quantitative estimate of drug-likeness (QED) is 0.718. The smallest absolute Gasteiger partial charge is 0.195 e. The lowest BCUT2D eigenvalue weighted by Gasteiger charge is -2.28. The number of halogens is 2. The molecule has 0 unspecified atom stereocenters. The van der Waals surface area contributed by atoms with E-state index in [4.69, 9.17) is 16.0 Å². The lowest BCUT2D eigenvalue weighted by atomic mass is 10.1. The molecule has 0 spiro atoms. The molecule has 0 bridgehead atoms. The van der Waals surface area contributed by atoms with E-state index in [9.17, 15) is 4.39 Å². The molecular formula is C18H15ClFN3O. The Labute approximate surface area is 143 Å². The molecule has 3 aromatic rings. The molecule has 1 aliphatic rings. The van der Waals surface area contributed by atoms with E-state index in [1.54, 1.807) is 18.4 Å². The van der Waals surface area contributed by atoms with Crippen LogP contribution in [0.5, 0.6) is 0 Å². The van der Waals surface area contributed by atoms with Crippen LogP contribution >= 0.6 is 11.6 Å².